The smallest absolute Gasteiger partial charge is 0.333 e. The molecule has 2 heteroatoms. The van der Waals surface area contributed by atoms with Crippen LogP contribution in [0.3, 0.4) is 0 Å². The maximum absolute atomic E-state index is 11.1. The van der Waals surface area contributed by atoms with E-state index in [1.54, 1.807) is 6.92 Å². The molecule has 19 heavy (non-hydrogen) atoms. The monoisotopic (exact) mass is 268 g/mol. The fraction of sp³-hybridized carbons (Fsp3) is 0.824. The van der Waals surface area contributed by atoms with Gasteiger partial charge in [-0.2, -0.15) is 0 Å². The van der Waals surface area contributed by atoms with Gasteiger partial charge >= 0.3 is 5.97 Å². The van der Waals surface area contributed by atoms with Crippen LogP contribution in [0.15, 0.2) is 12.2 Å². The van der Waals surface area contributed by atoms with Crippen molar-refractivity contribution in [2.24, 2.45) is 5.92 Å². The number of esters is 1. The third-order valence-corrected chi connectivity index (χ3v) is 3.45. The molecule has 1 atom stereocenters. The zero-order valence-electron chi connectivity index (χ0n) is 13.2. The number of unbranched alkanes of at least 4 members (excludes halogenated alkanes) is 5. The summed E-state index contributed by atoms with van der Waals surface area (Å²) in [6.07, 6.45) is 11.5. The molecule has 0 N–H and O–H groups in total. The second-order valence-electron chi connectivity index (χ2n) is 5.72. The van der Waals surface area contributed by atoms with E-state index in [4.69, 9.17) is 4.74 Å². The van der Waals surface area contributed by atoms with Crippen LogP contribution in [0.5, 0.6) is 0 Å². The Kier molecular flexibility index (Phi) is 11.7. The summed E-state index contributed by atoms with van der Waals surface area (Å²) in [6.45, 7) is 10.4. The molecule has 0 spiro atoms. The zero-order chi connectivity index (χ0) is 14.5. The molecule has 2 nitrogen and oxygen atoms in total. The van der Waals surface area contributed by atoms with E-state index in [-0.39, 0.29) is 5.97 Å². The summed E-state index contributed by atoms with van der Waals surface area (Å²) in [6, 6.07) is 0. The predicted molar refractivity (Wildman–Crippen MR) is 82.2 cm³/mol. The van der Waals surface area contributed by atoms with Crippen molar-refractivity contribution in [3.05, 3.63) is 12.2 Å². The maximum atomic E-state index is 11.1. The van der Waals surface area contributed by atoms with Crippen LogP contribution in [-0.2, 0) is 9.53 Å². The van der Waals surface area contributed by atoms with Crippen LogP contribution < -0.4 is 0 Å². The first-order valence-corrected chi connectivity index (χ1v) is 7.90. The molecule has 0 aliphatic carbocycles. The Morgan fingerprint density at radius 3 is 2.21 bits per heavy atom. The van der Waals surface area contributed by atoms with Gasteiger partial charge in [-0.3, -0.25) is 0 Å². The van der Waals surface area contributed by atoms with Crippen molar-refractivity contribution in [3.63, 3.8) is 0 Å². The first-order valence-electron chi connectivity index (χ1n) is 7.90. The molecule has 0 rings (SSSR count). The normalized spacial score (nSPS) is 12.2. The Bertz CT molecular complexity index is 246. The molecule has 0 aliphatic heterocycles. The molecule has 0 radical (unpaired) electrons. The molecule has 0 fully saturated rings. The van der Waals surface area contributed by atoms with E-state index in [0.29, 0.717) is 12.2 Å². The van der Waals surface area contributed by atoms with E-state index in [0.717, 1.165) is 18.8 Å². The van der Waals surface area contributed by atoms with Gasteiger partial charge in [-0.25, -0.2) is 4.79 Å². The number of carbonyl (C=O) groups is 1. The van der Waals surface area contributed by atoms with Crippen LogP contribution in [0.1, 0.15) is 78.6 Å². The Morgan fingerprint density at radius 2 is 1.63 bits per heavy atom. The van der Waals surface area contributed by atoms with Crippen molar-refractivity contribution in [2.45, 2.75) is 78.6 Å². The highest BCUT2D eigenvalue weighted by atomic mass is 16.5. The molecular formula is C17H32O2. The van der Waals surface area contributed by atoms with Crippen molar-refractivity contribution in [1.82, 2.24) is 0 Å². The second-order valence-corrected chi connectivity index (χ2v) is 5.72. The number of rotatable bonds is 12. The summed E-state index contributed by atoms with van der Waals surface area (Å²) in [4.78, 5) is 11.1. The molecule has 0 saturated carbocycles. The summed E-state index contributed by atoms with van der Waals surface area (Å²) < 4.78 is 5.05. The van der Waals surface area contributed by atoms with E-state index < -0.39 is 0 Å². The largest absolute Gasteiger partial charge is 0.462 e. The van der Waals surface area contributed by atoms with Crippen molar-refractivity contribution >= 4 is 5.97 Å². The Morgan fingerprint density at radius 1 is 1.05 bits per heavy atom. The molecule has 0 aliphatic rings. The molecule has 0 aromatic carbocycles. The zero-order valence-corrected chi connectivity index (χ0v) is 13.2. The van der Waals surface area contributed by atoms with E-state index in [2.05, 4.69) is 20.4 Å². The average molecular weight is 268 g/mol. The third-order valence-electron chi connectivity index (χ3n) is 3.45. The average Bonchev–Trinajstić information content (AvgIpc) is 2.36. The van der Waals surface area contributed by atoms with Crippen molar-refractivity contribution in [1.29, 1.82) is 0 Å². The number of ether oxygens (including phenoxy) is 1. The molecule has 1 unspecified atom stereocenters. The van der Waals surface area contributed by atoms with Crippen LogP contribution in [-0.4, -0.2) is 12.6 Å². The van der Waals surface area contributed by atoms with Crippen LogP contribution in [0.25, 0.3) is 0 Å². The third kappa shape index (κ3) is 12.0. The minimum absolute atomic E-state index is 0.259. The fourth-order valence-corrected chi connectivity index (χ4v) is 2.23. The quantitative estimate of drug-likeness (QED) is 0.274. The van der Waals surface area contributed by atoms with Crippen LogP contribution >= 0.6 is 0 Å². The lowest BCUT2D eigenvalue weighted by atomic mass is 9.98. The van der Waals surface area contributed by atoms with Gasteiger partial charge in [0, 0.05) is 5.57 Å². The van der Waals surface area contributed by atoms with Gasteiger partial charge in [-0.05, 0) is 19.3 Å². The highest BCUT2D eigenvalue weighted by molar-refractivity contribution is 5.86. The van der Waals surface area contributed by atoms with Crippen LogP contribution in [0, 0.1) is 5.92 Å². The van der Waals surface area contributed by atoms with Gasteiger partial charge in [0.15, 0.2) is 0 Å². The summed E-state index contributed by atoms with van der Waals surface area (Å²) in [7, 11) is 0. The molecule has 0 amide bonds. The van der Waals surface area contributed by atoms with Gasteiger partial charge in [0.05, 0.1) is 6.61 Å². The molecule has 0 aromatic rings. The van der Waals surface area contributed by atoms with Gasteiger partial charge in [0.2, 0.25) is 0 Å². The number of hydrogen-bond donors (Lipinski definition) is 0. The van der Waals surface area contributed by atoms with Crippen LogP contribution in [0.2, 0.25) is 0 Å². The first-order chi connectivity index (χ1) is 9.07. The lowest BCUT2D eigenvalue weighted by molar-refractivity contribution is -0.139. The standard InChI is InChI=1S/C17H32O2/c1-5-12-16(4)13-10-8-6-7-9-11-14-19-17(18)15(2)3/h16H,2,5-14H2,1,3-4H3. The van der Waals surface area contributed by atoms with Crippen LogP contribution in [0.4, 0.5) is 0 Å². The molecule has 0 heterocycles. The van der Waals surface area contributed by atoms with Crippen molar-refractivity contribution < 1.29 is 9.53 Å². The fourth-order valence-electron chi connectivity index (χ4n) is 2.23. The summed E-state index contributed by atoms with van der Waals surface area (Å²) >= 11 is 0. The van der Waals surface area contributed by atoms with Gasteiger partial charge in [-0.15, -0.1) is 0 Å². The van der Waals surface area contributed by atoms with Gasteiger partial charge in [-0.1, -0.05) is 71.8 Å². The number of carbonyl (C=O) groups excluding carboxylic acids is 1. The van der Waals surface area contributed by atoms with Gasteiger partial charge in [0.1, 0.15) is 0 Å². The summed E-state index contributed by atoms with van der Waals surface area (Å²) in [5, 5.41) is 0. The SMILES string of the molecule is C=C(C)C(=O)OCCCCCCCCC(C)CCC. The lowest BCUT2D eigenvalue weighted by Crippen LogP contribution is -2.05. The molecule has 0 saturated heterocycles. The Balaban J connectivity index is 3.19. The minimum Gasteiger partial charge on any atom is -0.462 e. The summed E-state index contributed by atoms with van der Waals surface area (Å²) in [5.74, 6) is 0.636. The minimum atomic E-state index is -0.259. The Labute approximate surface area is 119 Å². The highest BCUT2D eigenvalue weighted by Crippen LogP contribution is 2.15. The van der Waals surface area contributed by atoms with Crippen molar-refractivity contribution in [3.8, 4) is 0 Å². The van der Waals surface area contributed by atoms with E-state index in [1.165, 1.54) is 44.9 Å². The van der Waals surface area contributed by atoms with E-state index in [9.17, 15) is 4.79 Å². The molecule has 112 valence electrons. The molecule has 0 aromatic heterocycles. The summed E-state index contributed by atoms with van der Waals surface area (Å²) in [5.41, 5.74) is 0.487. The van der Waals surface area contributed by atoms with E-state index >= 15 is 0 Å². The predicted octanol–water partition coefficient (Wildman–Crippen LogP) is 5.27. The van der Waals surface area contributed by atoms with Gasteiger partial charge < -0.3 is 4.74 Å². The highest BCUT2D eigenvalue weighted by Gasteiger charge is 2.02. The molecular weight excluding hydrogens is 236 g/mol. The maximum Gasteiger partial charge on any atom is 0.333 e. The van der Waals surface area contributed by atoms with E-state index in [1.807, 2.05) is 0 Å². The second kappa shape index (κ2) is 12.3. The number of hydrogen-bond acceptors (Lipinski definition) is 2. The van der Waals surface area contributed by atoms with Crippen molar-refractivity contribution in [2.75, 3.05) is 6.61 Å². The molecule has 0 bridgehead atoms. The first kappa shape index (κ1) is 18.2. The topological polar surface area (TPSA) is 26.3 Å². The Hall–Kier alpha value is -0.790. The lowest BCUT2D eigenvalue weighted by Gasteiger charge is -2.09. The van der Waals surface area contributed by atoms with Gasteiger partial charge in [0.25, 0.3) is 0 Å².